The number of rotatable bonds is 8. The van der Waals surface area contributed by atoms with Crippen LogP contribution in [0.3, 0.4) is 0 Å². The number of carbonyl (C=O) groups excluding carboxylic acids is 1. The smallest absolute Gasteiger partial charge is 0.150 e. The number of hydrogen-bond donors (Lipinski definition) is 0. The second kappa shape index (κ2) is 9.29. The van der Waals surface area contributed by atoms with E-state index in [1.165, 1.54) is 0 Å². The van der Waals surface area contributed by atoms with Crippen LogP contribution in [0.1, 0.15) is 21.5 Å². The molecule has 0 aliphatic heterocycles. The number of methoxy groups -OCH3 is 2. The molecule has 3 rings (SSSR count). The van der Waals surface area contributed by atoms with E-state index >= 15 is 0 Å². The lowest BCUT2D eigenvalue weighted by molar-refractivity contribution is 0.112. The van der Waals surface area contributed by atoms with Crippen LogP contribution in [0.2, 0.25) is 5.02 Å². The molecule has 0 atom stereocenters. The van der Waals surface area contributed by atoms with Gasteiger partial charge in [-0.1, -0.05) is 35.9 Å². The molecule has 3 aromatic rings. The van der Waals surface area contributed by atoms with Crippen molar-refractivity contribution in [2.75, 3.05) is 19.1 Å². The molecule has 3 aromatic carbocycles. The summed E-state index contributed by atoms with van der Waals surface area (Å²) < 4.78 is 10.5. The minimum atomic E-state index is 0.536. The Hall–Kier alpha value is -2.98. The molecule has 0 aromatic heterocycles. The number of carbonyl (C=O) groups is 1. The van der Waals surface area contributed by atoms with Gasteiger partial charge in [0, 0.05) is 29.4 Å². The molecule has 0 unspecified atom stereocenters. The highest BCUT2D eigenvalue weighted by molar-refractivity contribution is 6.31. The van der Waals surface area contributed by atoms with E-state index in [-0.39, 0.29) is 0 Å². The topological polar surface area (TPSA) is 38.8 Å². The summed E-state index contributed by atoms with van der Waals surface area (Å²) in [6.45, 7) is 1.32. The molecule has 0 heterocycles. The molecular weight excluding hydrogens is 374 g/mol. The van der Waals surface area contributed by atoms with Gasteiger partial charge in [0.25, 0.3) is 0 Å². The number of aldehydes is 1. The van der Waals surface area contributed by atoms with Crippen molar-refractivity contribution < 1.29 is 14.3 Å². The van der Waals surface area contributed by atoms with E-state index in [4.69, 9.17) is 21.1 Å². The molecule has 0 saturated carbocycles. The highest BCUT2D eigenvalue weighted by Gasteiger charge is 2.11. The summed E-state index contributed by atoms with van der Waals surface area (Å²) >= 11 is 6.24. The summed E-state index contributed by atoms with van der Waals surface area (Å²) in [4.78, 5) is 13.5. The maximum absolute atomic E-state index is 11.3. The summed E-state index contributed by atoms with van der Waals surface area (Å²) in [6, 6.07) is 21.3. The lowest BCUT2D eigenvalue weighted by Gasteiger charge is -2.26. The highest BCUT2D eigenvalue weighted by Crippen LogP contribution is 2.26. The van der Waals surface area contributed by atoms with Gasteiger partial charge < -0.3 is 14.4 Å². The van der Waals surface area contributed by atoms with Gasteiger partial charge in [0.2, 0.25) is 0 Å². The molecule has 0 spiro atoms. The van der Waals surface area contributed by atoms with Gasteiger partial charge in [-0.2, -0.15) is 0 Å². The first-order valence-corrected chi connectivity index (χ1v) is 9.25. The molecule has 0 aliphatic carbocycles. The average molecular weight is 396 g/mol. The predicted molar refractivity (Wildman–Crippen MR) is 113 cm³/mol. The van der Waals surface area contributed by atoms with Crippen molar-refractivity contribution in [3.05, 3.63) is 88.4 Å². The monoisotopic (exact) mass is 395 g/mol. The number of hydrogen-bond acceptors (Lipinski definition) is 4. The number of ether oxygens (including phenoxy) is 2. The van der Waals surface area contributed by atoms with Crippen molar-refractivity contribution in [1.29, 1.82) is 0 Å². The van der Waals surface area contributed by atoms with E-state index < -0.39 is 0 Å². The van der Waals surface area contributed by atoms with Crippen molar-refractivity contribution in [3.8, 4) is 11.5 Å². The molecule has 28 heavy (non-hydrogen) atoms. The van der Waals surface area contributed by atoms with Gasteiger partial charge in [0.1, 0.15) is 17.8 Å². The molecule has 0 amide bonds. The first kappa shape index (κ1) is 19.8. The van der Waals surface area contributed by atoms with Gasteiger partial charge in [-0.15, -0.1) is 0 Å². The Morgan fingerprint density at radius 1 is 0.821 bits per heavy atom. The number of halogens is 1. The Bertz CT molecular complexity index is 874. The third-order valence-corrected chi connectivity index (χ3v) is 4.69. The molecule has 0 radical (unpaired) electrons. The zero-order chi connectivity index (χ0) is 19.9. The molecule has 0 aliphatic rings. The van der Waals surface area contributed by atoms with E-state index in [1.807, 2.05) is 60.7 Å². The normalized spacial score (nSPS) is 10.4. The fourth-order valence-corrected chi connectivity index (χ4v) is 3.23. The standard InChI is InChI=1S/C23H22ClNO3/c1-27-22-7-3-17(4-8-22)14-25(15-18-5-9-23(28-2)10-6-18)21-12-19(16-26)11-20(24)13-21/h3-13,16H,14-15H2,1-2H3. The van der Waals surface area contributed by atoms with Crippen molar-refractivity contribution >= 4 is 23.6 Å². The Balaban J connectivity index is 1.91. The lowest BCUT2D eigenvalue weighted by Crippen LogP contribution is -2.22. The molecule has 0 saturated heterocycles. The van der Waals surface area contributed by atoms with Crippen molar-refractivity contribution in [2.24, 2.45) is 0 Å². The summed E-state index contributed by atoms with van der Waals surface area (Å²) in [5, 5.41) is 0.536. The minimum Gasteiger partial charge on any atom is -0.497 e. The predicted octanol–water partition coefficient (Wildman–Crippen LogP) is 5.38. The summed E-state index contributed by atoms with van der Waals surface area (Å²) in [6.07, 6.45) is 0.814. The van der Waals surface area contributed by atoms with E-state index in [0.717, 1.165) is 34.6 Å². The van der Waals surface area contributed by atoms with Crippen LogP contribution in [0, 0.1) is 0 Å². The second-order valence-corrected chi connectivity index (χ2v) is 6.85. The van der Waals surface area contributed by atoms with Crippen LogP contribution in [0.25, 0.3) is 0 Å². The zero-order valence-electron chi connectivity index (χ0n) is 15.9. The van der Waals surface area contributed by atoms with Crippen LogP contribution in [-0.2, 0) is 13.1 Å². The first-order valence-electron chi connectivity index (χ1n) is 8.88. The zero-order valence-corrected chi connectivity index (χ0v) is 16.6. The molecular formula is C23H22ClNO3. The number of benzene rings is 3. The van der Waals surface area contributed by atoms with E-state index in [2.05, 4.69) is 4.90 Å². The van der Waals surface area contributed by atoms with Gasteiger partial charge in [-0.05, 0) is 53.6 Å². The van der Waals surface area contributed by atoms with E-state index in [0.29, 0.717) is 23.7 Å². The molecule has 0 fully saturated rings. The van der Waals surface area contributed by atoms with Gasteiger partial charge in [0.05, 0.1) is 14.2 Å². The fourth-order valence-electron chi connectivity index (χ4n) is 2.99. The summed E-state index contributed by atoms with van der Waals surface area (Å²) in [7, 11) is 3.30. The molecule has 144 valence electrons. The number of nitrogens with zero attached hydrogens (tertiary/aromatic N) is 1. The van der Waals surface area contributed by atoms with Crippen LogP contribution >= 0.6 is 11.6 Å². The molecule has 0 bridgehead atoms. The van der Waals surface area contributed by atoms with E-state index in [9.17, 15) is 4.79 Å². The fraction of sp³-hybridized carbons (Fsp3) is 0.174. The molecule has 4 nitrogen and oxygen atoms in total. The third kappa shape index (κ3) is 5.05. The number of anilines is 1. The van der Waals surface area contributed by atoms with Crippen LogP contribution < -0.4 is 14.4 Å². The van der Waals surface area contributed by atoms with Gasteiger partial charge in [-0.25, -0.2) is 0 Å². The Morgan fingerprint density at radius 3 is 1.75 bits per heavy atom. The largest absolute Gasteiger partial charge is 0.497 e. The lowest BCUT2D eigenvalue weighted by atomic mass is 10.1. The Labute approximate surface area is 170 Å². The minimum absolute atomic E-state index is 0.536. The van der Waals surface area contributed by atoms with Gasteiger partial charge >= 0.3 is 0 Å². The van der Waals surface area contributed by atoms with Crippen LogP contribution in [-0.4, -0.2) is 20.5 Å². The van der Waals surface area contributed by atoms with Gasteiger partial charge in [-0.3, -0.25) is 4.79 Å². The SMILES string of the molecule is COc1ccc(CN(Cc2ccc(OC)cc2)c2cc(Cl)cc(C=O)c2)cc1. The Morgan fingerprint density at radius 2 is 1.32 bits per heavy atom. The Kier molecular flexibility index (Phi) is 6.56. The maximum atomic E-state index is 11.3. The second-order valence-electron chi connectivity index (χ2n) is 6.41. The third-order valence-electron chi connectivity index (χ3n) is 4.47. The average Bonchev–Trinajstić information content (AvgIpc) is 2.73. The van der Waals surface area contributed by atoms with Crippen LogP contribution in [0.15, 0.2) is 66.7 Å². The highest BCUT2D eigenvalue weighted by atomic mass is 35.5. The van der Waals surface area contributed by atoms with Crippen molar-refractivity contribution in [2.45, 2.75) is 13.1 Å². The molecule has 0 N–H and O–H groups in total. The van der Waals surface area contributed by atoms with Crippen LogP contribution in [0.5, 0.6) is 11.5 Å². The van der Waals surface area contributed by atoms with E-state index in [1.54, 1.807) is 20.3 Å². The van der Waals surface area contributed by atoms with Crippen molar-refractivity contribution in [1.82, 2.24) is 0 Å². The van der Waals surface area contributed by atoms with Crippen LogP contribution in [0.4, 0.5) is 5.69 Å². The molecule has 5 heteroatoms. The summed E-state index contributed by atoms with van der Waals surface area (Å²) in [5.41, 5.74) is 3.70. The quantitative estimate of drug-likeness (QED) is 0.480. The maximum Gasteiger partial charge on any atom is 0.150 e. The summed E-state index contributed by atoms with van der Waals surface area (Å²) in [5.74, 6) is 1.63. The van der Waals surface area contributed by atoms with Gasteiger partial charge in [0.15, 0.2) is 0 Å². The van der Waals surface area contributed by atoms with Crippen molar-refractivity contribution in [3.63, 3.8) is 0 Å². The first-order chi connectivity index (χ1) is 13.6.